The van der Waals surface area contributed by atoms with Crippen molar-refractivity contribution in [1.29, 1.82) is 0 Å². The van der Waals surface area contributed by atoms with Gasteiger partial charge in [0.1, 0.15) is 17.9 Å². The Labute approximate surface area is 178 Å². The Morgan fingerprint density at radius 1 is 1.23 bits per heavy atom. The van der Waals surface area contributed by atoms with Crippen molar-refractivity contribution >= 4 is 22.8 Å². The van der Waals surface area contributed by atoms with Crippen LogP contribution in [-0.2, 0) is 13.6 Å². The van der Waals surface area contributed by atoms with Crippen LogP contribution in [0.4, 0.5) is 14.6 Å². The Hall–Kier alpha value is -3.50. The third-order valence-corrected chi connectivity index (χ3v) is 4.42. The normalized spacial score (nSPS) is 11.7. The number of anilines is 1. The molecule has 0 unspecified atom stereocenters. The monoisotopic (exact) mass is 432 g/mol. The largest absolute Gasteiger partial charge is 0.434 e. The van der Waals surface area contributed by atoms with E-state index in [0.29, 0.717) is 37.0 Å². The van der Waals surface area contributed by atoms with Crippen LogP contribution in [0, 0.1) is 6.92 Å². The molecule has 3 rings (SSSR count). The molecular weight excluding hydrogens is 406 g/mol. The summed E-state index contributed by atoms with van der Waals surface area (Å²) in [5, 5.41) is 14.7. The fourth-order valence-corrected chi connectivity index (χ4v) is 3.01. The maximum atomic E-state index is 12.7. The summed E-state index contributed by atoms with van der Waals surface area (Å²) in [7, 11) is 1.83. The fraction of sp³-hybridized carbons (Fsp3) is 0.400. The molecular formula is C20H26F2N8O. The summed E-state index contributed by atoms with van der Waals surface area (Å²) in [6.07, 6.45) is 3.21. The molecule has 0 saturated carbocycles. The minimum Gasteiger partial charge on any atom is -0.434 e. The number of rotatable bonds is 9. The number of hydrogen-bond acceptors (Lipinski definition) is 6. The number of aryl methyl sites for hydroxylation is 2. The van der Waals surface area contributed by atoms with E-state index in [1.54, 1.807) is 23.0 Å². The van der Waals surface area contributed by atoms with Crippen LogP contribution in [0.25, 0.3) is 11.0 Å². The van der Waals surface area contributed by atoms with Crippen LogP contribution in [0.3, 0.4) is 0 Å². The van der Waals surface area contributed by atoms with Crippen molar-refractivity contribution in [2.45, 2.75) is 27.0 Å². The lowest BCUT2D eigenvalue weighted by Gasteiger charge is -2.14. The van der Waals surface area contributed by atoms with Gasteiger partial charge in [0.25, 0.3) is 0 Å². The number of halogens is 2. The Morgan fingerprint density at radius 2 is 2.06 bits per heavy atom. The molecule has 1 aromatic carbocycles. The zero-order chi connectivity index (χ0) is 22.2. The van der Waals surface area contributed by atoms with Gasteiger partial charge >= 0.3 is 6.61 Å². The molecule has 3 aromatic rings. The van der Waals surface area contributed by atoms with E-state index in [1.165, 1.54) is 12.4 Å². The van der Waals surface area contributed by atoms with E-state index in [2.05, 4.69) is 40.7 Å². The second kappa shape index (κ2) is 10.5. The molecule has 31 heavy (non-hydrogen) atoms. The lowest BCUT2D eigenvalue weighted by molar-refractivity contribution is -0.0504. The van der Waals surface area contributed by atoms with E-state index in [1.807, 2.05) is 20.9 Å². The molecule has 0 saturated heterocycles. The molecule has 9 nitrogen and oxygen atoms in total. The van der Waals surface area contributed by atoms with E-state index in [4.69, 9.17) is 0 Å². The number of alkyl halides is 2. The Kier molecular flexibility index (Phi) is 7.52. The topological polar surface area (TPSA) is 101 Å². The Morgan fingerprint density at radius 3 is 2.84 bits per heavy atom. The highest BCUT2D eigenvalue weighted by atomic mass is 19.3. The summed E-state index contributed by atoms with van der Waals surface area (Å²) in [6, 6.07) is 5.06. The van der Waals surface area contributed by atoms with E-state index < -0.39 is 6.61 Å². The molecule has 3 N–H and O–H groups in total. The molecule has 0 bridgehead atoms. The Balaban J connectivity index is 1.60. The maximum absolute atomic E-state index is 12.7. The molecule has 166 valence electrons. The zero-order valence-electron chi connectivity index (χ0n) is 17.7. The smallest absolute Gasteiger partial charge is 0.387 e. The summed E-state index contributed by atoms with van der Waals surface area (Å²) in [4.78, 5) is 13.0. The molecule has 2 heterocycles. The van der Waals surface area contributed by atoms with Crippen LogP contribution in [0.15, 0.2) is 35.7 Å². The van der Waals surface area contributed by atoms with Gasteiger partial charge in [0.05, 0.1) is 18.1 Å². The molecule has 0 amide bonds. The van der Waals surface area contributed by atoms with Gasteiger partial charge < -0.3 is 20.7 Å². The molecule has 0 aliphatic carbocycles. The second-order valence-corrected chi connectivity index (χ2v) is 6.77. The molecule has 0 aliphatic rings. The SMILES string of the molecule is CCNC(=NCc1cc(C)ccc1OC(F)F)NCCNc1ncnc2c1cnn2C. The summed E-state index contributed by atoms with van der Waals surface area (Å²) in [5.41, 5.74) is 2.29. The Bertz CT molecular complexity index is 1040. The van der Waals surface area contributed by atoms with Crippen LogP contribution >= 0.6 is 0 Å². The van der Waals surface area contributed by atoms with Crippen LogP contribution in [0.5, 0.6) is 5.75 Å². The molecule has 0 fully saturated rings. The number of nitrogens with zero attached hydrogens (tertiary/aromatic N) is 5. The van der Waals surface area contributed by atoms with Crippen LogP contribution in [0.1, 0.15) is 18.1 Å². The molecule has 0 radical (unpaired) electrons. The lowest BCUT2D eigenvalue weighted by Crippen LogP contribution is -2.39. The van der Waals surface area contributed by atoms with Crippen molar-refractivity contribution in [3.8, 4) is 5.75 Å². The van der Waals surface area contributed by atoms with Crippen molar-refractivity contribution in [3.05, 3.63) is 41.9 Å². The third kappa shape index (κ3) is 6.00. The predicted octanol–water partition coefficient (Wildman–Crippen LogP) is 2.44. The maximum Gasteiger partial charge on any atom is 0.387 e. The van der Waals surface area contributed by atoms with Crippen LogP contribution in [0.2, 0.25) is 0 Å². The van der Waals surface area contributed by atoms with E-state index >= 15 is 0 Å². The van der Waals surface area contributed by atoms with Gasteiger partial charge in [-0.2, -0.15) is 13.9 Å². The van der Waals surface area contributed by atoms with E-state index in [-0.39, 0.29) is 12.3 Å². The number of fused-ring (bicyclic) bond motifs is 1. The first-order valence-electron chi connectivity index (χ1n) is 9.91. The summed E-state index contributed by atoms with van der Waals surface area (Å²) in [6.45, 7) is 2.97. The van der Waals surface area contributed by atoms with Gasteiger partial charge in [-0.1, -0.05) is 17.7 Å². The van der Waals surface area contributed by atoms with Crippen LogP contribution in [-0.4, -0.2) is 52.0 Å². The summed E-state index contributed by atoms with van der Waals surface area (Å²) in [5.74, 6) is 1.41. The van der Waals surface area contributed by atoms with Crippen molar-refractivity contribution < 1.29 is 13.5 Å². The van der Waals surface area contributed by atoms with E-state index in [9.17, 15) is 8.78 Å². The van der Waals surface area contributed by atoms with Crippen LogP contribution < -0.4 is 20.7 Å². The van der Waals surface area contributed by atoms with Gasteiger partial charge in [-0.25, -0.2) is 15.0 Å². The molecule has 0 aliphatic heterocycles. The van der Waals surface area contributed by atoms with Gasteiger partial charge in [-0.15, -0.1) is 0 Å². The number of aliphatic imine (C=N–C) groups is 1. The molecule has 11 heteroatoms. The predicted molar refractivity (Wildman–Crippen MR) is 115 cm³/mol. The summed E-state index contributed by atoms with van der Waals surface area (Å²) >= 11 is 0. The standard InChI is InChI=1S/C20H26F2N8O/c1-4-23-20(26-10-14-9-13(2)5-6-16(14)31-19(21)22)25-8-7-24-17-15-11-29-30(3)18(15)28-12-27-17/h5-6,9,11-12,19H,4,7-8,10H2,1-3H3,(H2,23,25,26)(H,24,27,28). The number of aromatic nitrogens is 4. The quantitative estimate of drug-likeness (QED) is 0.271. The average molecular weight is 432 g/mol. The number of hydrogen-bond donors (Lipinski definition) is 3. The van der Waals surface area contributed by atoms with Gasteiger partial charge in [-0.3, -0.25) is 4.68 Å². The van der Waals surface area contributed by atoms with Crippen molar-refractivity contribution in [2.24, 2.45) is 12.0 Å². The lowest BCUT2D eigenvalue weighted by atomic mass is 10.1. The van der Waals surface area contributed by atoms with Gasteiger partial charge in [0.2, 0.25) is 0 Å². The molecule has 2 aromatic heterocycles. The van der Waals surface area contributed by atoms with E-state index in [0.717, 1.165) is 16.6 Å². The highest BCUT2D eigenvalue weighted by Gasteiger charge is 2.10. The minimum absolute atomic E-state index is 0.131. The fourth-order valence-electron chi connectivity index (χ4n) is 3.01. The van der Waals surface area contributed by atoms with Crippen molar-refractivity contribution in [2.75, 3.05) is 25.0 Å². The number of nitrogens with one attached hydrogen (secondary N) is 3. The first-order chi connectivity index (χ1) is 15.0. The van der Waals surface area contributed by atoms with Gasteiger partial charge in [0, 0.05) is 32.2 Å². The second-order valence-electron chi connectivity index (χ2n) is 6.77. The zero-order valence-corrected chi connectivity index (χ0v) is 17.7. The van der Waals surface area contributed by atoms with Gasteiger partial charge in [-0.05, 0) is 19.9 Å². The molecule has 0 spiro atoms. The first-order valence-corrected chi connectivity index (χ1v) is 9.91. The number of benzene rings is 1. The number of ether oxygens (including phenoxy) is 1. The first kappa shape index (κ1) is 22.2. The summed E-state index contributed by atoms with van der Waals surface area (Å²) < 4.78 is 31.6. The third-order valence-electron chi connectivity index (χ3n) is 4.42. The van der Waals surface area contributed by atoms with Crippen molar-refractivity contribution in [1.82, 2.24) is 30.4 Å². The molecule has 0 atom stereocenters. The average Bonchev–Trinajstić information content (AvgIpc) is 3.12. The minimum atomic E-state index is -2.88. The number of guanidine groups is 1. The van der Waals surface area contributed by atoms with Crippen molar-refractivity contribution in [3.63, 3.8) is 0 Å². The highest BCUT2D eigenvalue weighted by Crippen LogP contribution is 2.23. The highest BCUT2D eigenvalue weighted by molar-refractivity contribution is 5.86. The van der Waals surface area contributed by atoms with Gasteiger partial charge in [0.15, 0.2) is 11.6 Å².